The Bertz CT molecular complexity index is 424. The lowest BCUT2D eigenvalue weighted by Crippen LogP contribution is -2.02. The number of aliphatic hydroxyl groups is 1. The Hall–Kier alpha value is -0.840. The zero-order chi connectivity index (χ0) is 9.97. The topological polar surface area (TPSA) is 38.0 Å². The Balaban J connectivity index is 2.41. The summed E-state index contributed by atoms with van der Waals surface area (Å²) in [5, 5.41) is 11.5. The summed E-state index contributed by atoms with van der Waals surface area (Å²) in [5.74, 6) is 0.819. The lowest BCUT2D eigenvalue weighted by atomic mass is 10.4. The molecule has 14 heavy (non-hydrogen) atoms. The van der Waals surface area contributed by atoms with E-state index < -0.39 is 0 Å². The fourth-order valence-corrected chi connectivity index (χ4v) is 2.41. The average Bonchev–Trinajstić information content (AvgIpc) is 2.74. The van der Waals surface area contributed by atoms with Gasteiger partial charge in [-0.3, -0.25) is 0 Å². The molecule has 0 aliphatic heterocycles. The van der Waals surface area contributed by atoms with Crippen LogP contribution < -0.4 is 0 Å². The Morgan fingerprint density at radius 2 is 2.43 bits per heavy atom. The van der Waals surface area contributed by atoms with Crippen LogP contribution in [0.2, 0.25) is 5.02 Å². The second-order valence-electron chi connectivity index (χ2n) is 2.77. The minimum atomic E-state index is 0.104. The van der Waals surface area contributed by atoms with Gasteiger partial charge in [-0.25, -0.2) is 4.98 Å². The zero-order valence-electron chi connectivity index (χ0n) is 7.35. The molecule has 5 heteroatoms. The highest BCUT2D eigenvalue weighted by Crippen LogP contribution is 2.31. The van der Waals surface area contributed by atoms with Gasteiger partial charge in [0.1, 0.15) is 0 Å². The zero-order valence-corrected chi connectivity index (χ0v) is 8.92. The monoisotopic (exact) mass is 228 g/mol. The number of aliphatic hydroxyl groups excluding tert-OH is 1. The first-order chi connectivity index (χ1) is 6.83. The minimum absolute atomic E-state index is 0.104. The maximum atomic E-state index is 8.85. The Morgan fingerprint density at radius 1 is 1.57 bits per heavy atom. The number of hydrogen-bond donors (Lipinski definition) is 1. The van der Waals surface area contributed by atoms with E-state index in [1.165, 1.54) is 0 Å². The summed E-state index contributed by atoms with van der Waals surface area (Å²) in [6.07, 6.45) is 3.54. The van der Waals surface area contributed by atoms with Crippen LogP contribution in [0.15, 0.2) is 23.8 Å². The van der Waals surface area contributed by atoms with Crippen molar-refractivity contribution in [2.45, 2.75) is 6.54 Å². The van der Waals surface area contributed by atoms with Gasteiger partial charge in [0.05, 0.1) is 16.5 Å². The van der Waals surface area contributed by atoms with Crippen LogP contribution in [0, 0.1) is 0 Å². The van der Waals surface area contributed by atoms with Crippen molar-refractivity contribution in [3.05, 3.63) is 28.9 Å². The van der Waals surface area contributed by atoms with Gasteiger partial charge >= 0.3 is 0 Å². The van der Waals surface area contributed by atoms with Crippen LogP contribution in [0.1, 0.15) is 0 Å². The largest absolute Gasteiger partial charge is 0.395 e. The molecule has 2 rings (SSSR count). The summed E-state index contributed by atoms with van der Waals surface area (Å²) in [6.45, 7) is 0.649. The van der Waals surface area contributed by atoms with Gasteiger partial charge in [0, 0.05) is 18.9 Å². The van der Waals surface area contributed by atoms with Crippen molar-refractivity contribution in [1.29, 1.82) is 0 Å². The van der Waals surface area contributed by atoms with Crippen molar-refractivity contribution >= 4 is 22.9 Å². The molecule has 2 aromatic heterocycles. The van der Waals surface area contributed by atoms with Crippen molar-refractivity contribution < 1.29 is 5.11 Å². The second-order valence-corrected chi connectivity index (χ2v) is 4.09. The molecule has 2 aromatic rings. The molecule has 0 bridgehead atoms. The first-order valence-electron chi connectivity index (χ1n) is 4.18. The highest BCUT2D eigenvalue weighted by molar-refractivity contribution is 7.14. The van der Waals surface area contributed by atoms with E-state index >= 15 is 0 Å². The van der Waals surface area contributed by atoms with E-state index in [1.807, 2.05) is 22.2 Å². The van der Waals surface area contributed by atoms with E-state index in [0.29, 0.717) is 11.6 Å². The molecule has 1 N–H and O–H groups in total. The molecule has 74 valence electrons. The average molecular weight is 229 g/mol. The Kier molecular flexibility index (Phi) is 2.86. The molecular formula is C9H9ClN2OS. The number of halogens is 1. The molecule has 2 heterocycles. The number of imidazole rings is 1. The van der Waals surface area contributed by atoms with Crippen molar-refractivity contribution in [3.8, 4) is 10.7 Å². The number of hydrogen-bond acceptors (Lipinski definition) is 3. The highest BCUT2D eigenvalue weighted by Gasteiger charge is 2.10. The summed E-state index contributed by atoms with van der Waals surface area (Å²) < 4.78 is 1.89. The number of rotatable bonds is 3. The third kappa shape index (κ3) is 1.68. The predicted octanol–water partition coefficient (Wildman–Crippen LogP) is 2.26. The normalized spacial score (nSPS) is 10.7. The molecule has 0 radical (unpaired) electrons. The molecule has 0 aromatic carbocycles. The van der Waals surface area contributed by atoms with Gasteiger partial charge in [-0.05, 0) is 11.4 Å². The van der Waals surface area contributed by atoms with Crippen molar-refractivity contribution in [1.82, 2.24) is 9.55 Å². The molecule has 0 amide bonds. The fraction of sp³-hybridized carbons (Fsp3) is 0.222. The molecule has 3 nitrogen and oxygen atoms in total. The van der Waals surface area contributed by atoms with Gasteiger partial charge in [-0.15, -0.1) is 11.3 Å². The van der Waals surface area contributed by atoms with Gasteiger partial charge in [-0.1, -0.05) is 11.6 Å². The first kappa shape index (κ1) is 9.71. The van der Waals surface area contributed by atoms with Crippen LogP contribution in [0.4, 0.5) is 0 Å². The number of thiophene rings is 1. The molecule has 0 saturated heterocycles. The van der Waals surface area contributed by atoms with Crippen molar-refractivity contribution in [3.63, 3.8) is 0 Å². The second kappa shape index (κ2) is 4.13. The van der Waals surface area contributed by atoms with E-state index in [9.17, 15) is 0 Å². The van der Waals surface area contributed by atoms with Crippen LogP contribution in [0.5, 0.6) is 0 Å². The fourth-order valence-electron chi connectivity index (χ4n) is 1.26. The number of nitrogens with zero attached hydrogens (tertiary/aromatic N) is 2. The van der Waals surface area contributed by atoms with Gasteiger partial charge < -0.3 is 9.67 Å². The summed E-state index contributed by atoms with van der Waals surface area (Å²) in [4.78, 5) is 5.17. The molecule has 0 atom stereocenters. The summed E-state index contributed by atoms with van der Waals surface area (Å²) >= 11 is 7.55. The van der Waals surface area contributed by atoms with E-state index in [4.69, 9.17) is 16.7 Å². The molecular weight excluding hydrogens is 220 g/mol. The van der Waals surface area contributed by atoms with E-state index in [-0.39, 0.29) is 6.61 Å². The molecule has 0 saturated carbocycles. The quantitative estimate of drug-likeness (QED) is 0.875. The maximum Gasteiger partial charge on any atom is 0.151 e. The van der Waals surface area contributed by atoms with E-state index in [0.717, 1.165) is 10.7 Å². The molecule has 0 fully saturated rings. The van der Waals surface area contributed by atoms with Crippen LogP contribution in [0.3, 0.4) is 0 Å². The SMILES string of the molecule is OCCn1ccnc1-c1sccc1Cl. The summed E-state index contributed by atoms with van der Waals surface area (Å²) in [7, 11) is 0. The molecule has 0 unspecified atom stereocenters. The third-order valence-corrected chi connectivity index (χ3v) is 3.21. The smallest absolute Gasteiger partial charge is 0.151 e. The first-order valence-corrected chi connectivity index (χ1v) is 5.44. The summed E-state index contributed by atoms with van der Waals surface area (Å²) in [6, 6.07) is 1.85. The highest BCUT2D eigenvalue weighted by atomic mass is 35.5. The van der Waals surface area contributed by atoms with Crippen molar-refractivity contribution in [2.75, 3.05) is 6.61 Å². The van der Waals surface area contributed by atoms with Crippen LogP contribution in [-0.4, -0.2) is 21.3 Å². The van der Waals surface area contributed by atoms with Crippen LogP contribution in [-0.2, 0) is 6.54 Å². The third-order valence-electron chi connectivity index (χ3n) is 1.88. The van der Waals surface area contributed by atoms with E-state index in [2.05, 4.69) is 4.98 Å². The predicted molar refractivity (Wildman–Crippen MR) is 57.6 cm³/mol. The van der Waals surface area contributed by atoms with Gasteiger partial charge in [-0.2, -0.15) is 0 Å². The standard InChI is InChI=1S/C9H9ClN2OS/c10-7-1-6-14-8(7)9-11-2-3-12(9)4-5-13/h1-3,6,13H,4-5H2. The maximum absolute atomic E-state index is 8.85. The Labute approximate surface area is 90.6 Å². The molecule has 0 aliphatic rings. The minimum Gasteiger partial charge on any atom is -0.395 e. The van der Waals surface area contributed by atoms with Gasteiger partial charge in [0.25, 0.3) is 0 Å². The molecule has 0 spiro atoms. The summed E-state index contributed by atoms with van der Waals surface area (Å²) in [5.41, 5.74) is 0. The Morgan fingerprint density at radius 3 is 3.07 bits per heavy atom. The lowest BCUT2D eigenvalue weighted by molar-refractivity contribution is 0.277. The van der Waals surface area contributed by atoms with Crippen LogP contribution in [0.25, 0.3) is 10.7 Å². The van der Waals surface area contributed by atoms with Crippen molar-refractivity contribution in [2.24, 2.45) is 0 Å². The van der Waals surface area contributed by atoms with Crippen LogP contribution >= 0.6 is 22.9 Å². The molecule has 0 aliphatic carbocycles. The van der Waals surface area contributed by atoms with Gasteiger partial charge in [0.2, 0.25) is 0 Å². The lowest BCUT2D eigenvalue weighted by Gasteiger charge is -2.03. The van der Waals surface area contributed by atoms with Gasteiger partial charge in [0.15, 0.2) is 5.82 Å². The number of aromatic nitrogens is 2. The van der Waals surface area contributed by atoms with E-state index in [1.54, 1.807) is 17.5 Å².